The molecule has 0 saturated carbocycles. The largest absolute Gasteiger partial charge is 0.481 e. The van der Waals surface area contributed by atoms with E-state index in [1.54, 1.807) is 0 Å². The predicted octanol–water partition coefficient (Wildman–Crippen LogP) is 4.65. The first-order valence-electron chi connectivity index (χ1n) is 13.4. The van der Waals surface area contributed by atoms with Gasteiger partial charge in [0.2, 0.25) is 0 Å². The molecule has 0 aromatic heterocycles. The molecule has 0 aliphatic carbocycles. The van der Waals surface area contributed by atoms with Crippen molar-refractivity contribution in [2.24, 2.45) is 5.92 Å². The molecule has 32 heavy (non-hydrogen) atoms. The molecule has 6 heteroatoms. The maximum absolute atomic E-state index is 10.9. The number of rotatable bonds is 3. The number of carboxylic acid groups (broad SMARTS) is 1. The van der Waals surface area contributed by atoms with Crippen molar-refractivity contribution in [1.29, 1.82) is 0 Å². The van der Waals surface area contributed by atoms with E-state index in [4.69, 9.17) is 5.11 Å². The first-order valence-corrected chi connectivity index (χ1v) is 13.4. The van der Waals surface area contributed by atoms with Crippen LogP contribution in [-0.4, -0.2) is 98.3 Å². The summed E-state index contributed by atoms with van der Waals surface area (Å²) in [6, 6.07) is 1.48. The van der Waals surface area contributed by atoms with Crippen LogP contribution in [-0.2, 0) is 4.79 Å². The molecular weight excluding hydrogens is 400 g/mol. The molecule has 3 fully saturated rings. The Labute approximate surface area is 201 Å². The van der Waals surface area contributed by atoms with Gasteiger partial charge in [0.25, 0.3) is 0 Å². The van der Waals surface area contributed by atoms with Crippen LogP contribution in [0, 0.1) is 5.92 Å². The smallest absolute Gasteiger partial charge is 0.306 e. The molecule has 0 radical (unpaired) electrons. The second kappa shape index (κ2) is 22.1. The van der Waals surface area contributed by atoms with Crippen molar-refractivity contribution in [3.05, 3.63) is 0 Å². The van der Waals surface area contributed by atoms with Crippen molar-refractivity contribution in [3.8, 4) is 0 Å². The summed E-state index contributed by atoms with van der Waals surface area (Å²) in [6.07, 6.45) is 8.03. The van der Waals surface area contributed by atoms with Crippen LogP contribution in [0.1, 0.15) is 86.5 Å². The average molecular weight is 459 g/mol. The first kappa shape index (κ1) is 33.5. The van der Waals surface area contributed by atoms with E-state index in [2.05, 4.69) is 55.0 Å². The van der Waals surface area contributed by atoms with Gasteiger partial charge in [0.05, 0.1) is 5.92 Å². The van der Waals surface area contributed by atoms with Crippen LogP contribution in [0.4, 0.5) is 0 Å². The Bertz CT molecular complexity index is 399. The topological polar surface area (TPSA) is 59.1 Å². The lowest BCUT2D eigenvalue weighted by Crippen LogP contribution is -2.47. The van der Waals surface area contributed by atoms with Gasteiger partial charge in [0, 0.05) is 12.1 Å². The van der Waals surface area contributed by atoms with E-state index in [9.17, 15) is 4.79 Å². The van der Waals surface area contributed by atoms with Crippen molar-refractivity contribution in [2.45, 2.75) is 98.6 Å². The Morgan fingerprint density at radius 3 is 1.50 bits per heavy atom. The summed E-state index contributed by atoms with van der Waals surface area (Å²) in [5, 5.41) is 12.2. The molecular formula is C26H58N4O2. The Kier molecular flexibility index (Phi) is 23.1. The highest BCUT2D eigenvalue weighted by Gasteiger charge is 2.29. The number of hydrogen-bond acceptors (Lipinski definition) is 5. The van der Waals surface area contributed by atoms with Gasteiger partial charge in [-0.2, -0.15) is 0 Å². The number of piperidine rings is 3. The molecule has 3 heterocycles. The molecule has 3 aliphatic heterocycles. The van der Waals surface area contributed by atoms with Crippen molar-refractivity contribution in [3.63, 3.8) is 0 Å². The normalized spacial score (nSPS) is 21.4. The predicted molar refractivity (Wildman–Crippen MR) is 141 cm³/mol. The Hall–Kier alpha value is -0.690. The molecule has 194 valence electrons. The molecule has 6 nitrogen and oxygen atoms in total. The molecule has 0 atom stereocenters. The lowest BCUT2D eigenvalue weighted by atomic mass is 9.94. The van der Waals surface area contributed by atoms with Crippen molar-refractivity contribution in [2.75, 3.05) is 60.4 Å². The van der Waals surface area contributed by atoms with Gasteiger partial charge in [0.15, 0.2) is 0 Å². The van der Waals surface area contributed by atoms with Crippen molar-refractivity contribution < 1.29 is 9.90 Å². The molecule has 0 amide bonds. The number of hydrogen-bond donors (Lipinski definition) is 2. The molecule has 0 spiro atoms. The zero-order chi connectivity index (χ0) is 24.9. The number of likely N-dealkylation sites (tertiary alicyclic amines) is 3. The standard InChI is InChI=1S/C12H22N2O2.C7H16N2.C3H8.2C2H6/c1-13-6-4-11(5-7-13)14-8-2-10(3-9-14)12(15)16;1-8-7-3-5-9(2)6-4-7;1-3-2;2*1-2/h10-11H,2-9H2,1H3,(H,15,16);7-8H,3-6H2,1-2H3;3H2,1-2H3;2*1-2H3. The van der Waals surface area contributed by atoms with Crippen LogP contribution in [0.2, 0.25) is 0 Å². The molecule has 3 rings (SSSR count). The van der Waals surface area contributed by atoms with Gasteiger partial charge in [0.1, 0.15) is 0 Å². The van der Waals surface area contributed by atoms with Crippen LogP contribution >= 0.6 is 0 Å². The number of nitrogens with one attached hydrogen (secondary N) is 1. The van der Waals surface area contributed by atoms with Crippen LogP contribution in [0.25, 0.3) is 0 Å². The van der Waals surface area contributed by atoms with E-state index >= 15 is 0 Å². The van der Waals surface area contributed by atoms with Crippen molar-refractivity contribution >= 4 is 5.97 Å². The zero-order valence-corrected chi connectivity index (χ0v) is 23.1. The molecule has 0 aromatic rings. The van der Waals surface area contributed by atoms with E-state index in [0.717, 1.165) is 32.0 Å². The number of nitrogens with zero attached hydrogens (tertiary/aromatic N) is 3. The highest BCUT2D eigenvalue weighted by Crippen LogP contribution is 2.23. The van der Waals surface area contributed by atoms with Crippen LogP contribution in [0.5, 0.6) is 0 Å². The monoisotopic (exact) mass is 458 g/mol. The highest BCUT2D eigenvalue weighted by atomic mass is 16.4. The zero-order valence-electron chi connectivity index (χ0n) is 23.1. The van der Waals surface area contributed by atoms with Gasteiger partial charge >= 0.3 is 5.97 Å². The van der Waals surface area contributed by atoms with Gasteiger partial charge in [-0.15, -0.1) is 0 Å². The lowest BCUT2D eigenvalue weighted by molar-refractivity contribution is -0.143. The Morgan fingerprint density at radius 2 is 1.16 bits per heavy atom. The second-order valence-electron chi connectivity index (χ2n) is 8.76. The lowest BCUT2D eigenvalue weighted by Gasteiger charge is -2.40. The quantitative estimate of drug-likeness (QED) is 0.642. The molecule has 2 N–H and O–H groups in total. The highest BCUT2D eigenvalue weighted by molar-refractivity contribution is 5.70. The van der Waals surface area contributed by atoms with E-state index in [1.807, 2.05) is 27.7 Å². The van der Waals surface area contributed by atoms with E-state index < -0.39 is 5.97 Å². The first-order chi connectivity index (χ1) is 15.4. The molecule has 3 saturated heterocycles. The van der Waals surface area contributed by atoms with Crippen LogP contribution in [0.3, 0.4) is 0 Å². The Morgan fingerprint density at radius 1 is 0.781 bits per heavy atom. The number of carbonyl (C=O) groups is 1. The van der Waals surface area contributed by atoms with Gasteiger partial charge in [-0.25, -0.2) is 0 Å². The van der Waals surface area contributed by atoms with Gasteiger partial charge < -0.3 is 25.1 Å². The summed E-state index contributed by atoms with van der Waals surface area (Å²) in [6.45, 7) is 19.1. The number of carboxylic acids is 1. The molecule has 0 aromatic carbocycles. The molecule has 0 unspecified atom stereocenters. The molecule has 3 aliphatic rings. The van der Waals surface area contributed by atoms with E-state index in [0.29, 0.717) is 6.04 Å². The van der Waals surface area contributed by atoms with Gasteiger partial charge in [-0.3, -0.25) is 4.79 Å². The maximum atomic E-state index is 10.9. The second-order valence-corrected chi connectivity index (χ2v) is 8.76. The minimum absolute atomic E-state index is 0.0949. The third kappa shape index (κ3) is 15.2. The van der Waals surface area contributed by atoms with Gasteiger partial charge in [-0.1, -0.05) is 48.0 Å². The average Bonchev–Trinajstić information content (AvgIpc) is 2.84. The minimum Gasteiger partial charge on any atom is -0.481 e. The minimum atomic E-state index is -0.608. The Balaban J connectivity index is 0. The van der Waals surface area contributed by atoms with Crippen molar-refractivity contribution in [1.82, 2.24) is 20.0 Å². The van der Waals surface area contributed by atoms with Crippen LogP contribution < -0.4 is 5.32 Å². The summed E-state index contributed by atoms with van der Waals surface area (Å²) in [7, 11) is 6.41. The summed E-state index contributed by atoms with van der Waals surface area (Å²) < 4.78 is 0. The molecule has 0 bridgehead atoms. The summed E-state index contributed by atoms with van der Waals surface area (Å²) in [5.41, 5.74) is 0. The van der Waals surface area contributed by atoms with Gasteiger partial charge in [-0.05, 0) is 98.9 Å². The third-order valence-corrected chi connectivity index (χ3v) is 6.21. The third-order valence-electron chi connectivity index (χ3n) is 6.21. The van der Waals surface area contributed by atoms with E-state index in [1.165, 1.54) is 58.3 Å². The number of aliphatic carboxylic acids is 1. The fourth-order valence-electron chi connectivity index (χ4n) is 4.17. The van der Waals surface area contributed by atoms with E-state index in [-0.39, 0.29) is 5.92 Å². The summed E-state index contributed by atoms with van der Waals surface area (Å²) >= 11 is 0. The summed E-state index contributed by atoms with van der Waals surface area (Å²) in [4.78, 5) is 18.1. The fourth-order valence-corrected chi connectivity index (χ4v) is 4.17. The summed E-state index contributed by atoms with van der Waals surface area (Å²) in [5.74, 6) is -0.703. The van der Waals surface area contributed by atoms with Crippen LogP contribution in [0.15, 0.2) is 0 Å². The fraction of sp³-hybridized carbons (Fsp3) is 0.962. The maximum Gasteiger partial charge on any atom is 0.306 e. The SMILES string of the molecule is CC.CC.CCC.CN1CCC(N2CCC(C(=O)O)CC2)CC1.CNC1CCN(C)CC1.